The number of carbonyl (C=O) groups excluding carboxylic acids is 1. The fourth-order valence-corrected chi connectivity index (χ4v) is 6.40. The van der Waals surface area contributed by atoms with Gasteiger partial charge < -0.3 is 9.64 Å². The van der Waals surface area contributed by atoms with E-state index in [1.807, 2.05) is 23.5 Å². The third kappa shape index (κ3) is 3.43. The number of hydrogen-bond donors (Lipinski definition) is 0. The first-order valence-electron chi connectivity index (χ1n) is 11.5. The quantitative estimate of drug-likeness (QED) is 0.411. The van der Waals surface area contributed by atoms with Gasteiger partial charge in [0.1, 0.15) is 10.4 Å². The summed E-state index contributed by atoms with van der Waals surface area (Å²) in [6, 6.07) is 0. The molecule has 3 aromatic rings. The summed E-state index contributed by atoms with van der Waals surface area (Å²) in [5.41, 5.74) is 0.821. The zero-order chi connectivity index (χ0) is 24.0. The first-order chi connectivity index (χ1) is 16.5. The molecule has 5 heterocycles. The van der Waals surface area contributed by atoms with Gasteiger partial charge in [0.25, 0.3) is 6.71 Å². The molecule has 2 unspecified atom stereocenters. The van der Waals surface area contributed by atoms with Crippen molar-refractivity contribution in [2.24, 2.45) is 11.8 Å². The molecule has 0 bridgehead atoms. The highest BCUT2D eigenvalue weighted by Gasteiger charge is 2.43. The normalized spacial score (nSPS) is 19.8. The number of aromatic nitrogens is 3. The van der Waals surface area contributed by atoms with Crippen molar-refractivity contribution in [1.82, 2.24) is 14.4 Å². The number of carbonyl (C=O) groups is 1. The molecule has 34 heavy (non-hydrogen) atoms. The van der Waals surface area contributed by atoms with E-state index in [9.17, 15) is 14.9 Å². The first-order valence-corrected chi connectivity index (χ1v) is 12.3. The lowest BCUT2D eigenvalue weighted by atomic mass is 9.49. The van der Waals surface area contributed by atoms with Gasteiger partial charge in [-0.3, -0.25) is 9.20 Å². The van der Waals surface area contributed by atoms with Gasteiger partial charge in [-0.2, -0.15) is 4.98 Å². The summed E-state index contributed by atoms with van der Waals surface area (Å²) in [4.78, 5) is 39.0. The van der Waals surface area contributed by atoms with E-state index in [-0.39, 0.29) is 24.3 Å². The number of fused-ring (bicyclic) bond motifs is 4. The number of pyridine rings is 1. The molecular weight excluding hydrogens is 449 g/mol. The minimum absolute atomic E-state index is 0.00666. The summed E-state index contributed by atoms with van der Waals surface area (Å²) in [7, 11) is 0. The first kappa shape index (κ1) is 22.4. The van der Waals surface area contributed by atoms with Gasteiger partial charge >= 0.3 is 5.97 Å². The summed E-state index contributed by atoms with van der Waals surface area (Å²) in [6.45, 7) is 9.45. The Balaban J connectivity index is 1.71. The van der Waals surface area contributed by atoms with Crippen molar-refractivity contribution < 1.29 is 9.53 Å². The minimum Gasteiger partial charge on any atom is -0.462 e. The van der Waals surface area contributed by atoms with Crippen LogP contribution in [0.15, 0.2) is 23.6 Å². The molecule has 0 spiro atoms. The molecule has 8 nitrogen and oxygen atoms in total. The minimum atomic E-state index is -0.653. The Hall–Kier alpha value is -3.45. The van der Waals surface area contributed by atoms with Crippen molar-refractivity contribution in [3.63, 3.8) is 0 Å². The Morgan fingerprint density at radius 2 is 2.15 bits per heavy atom. The standard InChI is InChI=1S/C24H24BN5O3S/c1-4-7-17-18(5-2)34-22-19(23(32)33-6-3)20(31)16-10-27-24(28-21(16)30(17)22)29-11-14-8-25(13-26)9-15(14)12-29/h4-5,7,10,14-15H,2,6,8-9,11-12H2,1,3H3/b7-4-. The highest BCUT2D eigenvalue weighted by Crippen LogP contribution is 2.40. The van der Waals surface area contributed by atoms with E-state index in [0.29, 0.717) is 28.3 Å². The van der Waals surface area contributed by atoms with Crippen molar-refractivity contribution in [2.45, 2.75) is 26.5 Å². The molecule has 0 saturated carbocycles. The lowest BCUT2D eigenvalue weighted by molar-refractivity contribution is 0.0527. The van der Waals surface area contributed by atoms with Crippen LogP contribution in [-0.4, -0.2) is 46.7 Å². The molecule has 0 aromatic carbocycles. The van der Waals surface area contributed by atoms with E-state index in [1.165, 1.54) is 17.5 Å². The molecule has 3 aromatic heterocycles. The van der Waals surface area contributed by atoms with E-state index < -0.39 is 11.4 Å². The molecule has 172 valence electrons. The Kier molecular flexibility index (Phi) is 5.74. The van der Waals surface area contributed by atoms with Crippen molar-refractivity contribution in [2.75, 3.05) is 24.6 Å². The number of esters is 1. The van der Waals surface area contributed by atoms with Crippen LogP contribution in [0, 0.1) is 23.1 Å². The number of anilines is 1. The van der Waals surface area contributed by atoms with E-state index in [1.54, 1.807) is 13.0 Å². The third-order valence-corrected chi connectivity index (χ3v) is 7.94. The Bertz CT molecular complexity index is 1440. The number of rotatable bonds is 5. The SMILES string of the molecule is C=Cc1sc2c(C(=O)OCC)c(=O)c3cnc(N4CC5CB(C#N)CC5C4)nc3n2c1/C=C\C. The molecular formula is C24H24BN5O3S. The smallest absolute Gasteiger partial charge is 0.345 e. The molecule has 10 heteroatoms. The molecule has 0 radical (unpaired) electrons. The number of thiazole rings is 1. The van der Waals surface area contributed by atoms with Crippen molar-refractivity contribution in [1.29, 1.82) is 5.26 Å². The maximum Gasteiger partial charge on any atom is 0.345 e. The summed E-state index contributed by atoms with van der Waals surface area (Å²) >= 11 is 1.32. The van der Waals surface area contributed by atoms with Crippen molar-refractivity contribution >= 4 is 58.0 Å². The monoisotopic (exact) mass is 473 g/mol. The number of allylic oxidation sites excluding steroid dienone is 1. The number of hydrogen-bond acceptors (Lipinski definition) is 8. The zero-order valence-corrected chi connectivity index (χ0v) is 20.0. The van der Waals surface area contributed by atoms with Crippen LogP contribution in [0.5, 0.6) is 0 Å². The van der Waals surface area contributed by atoms with Crippen LogP contribution in [-0.2, 0) is 4.74 Å². The van der Waals surface area contributed by atoms with Gasteiger partial charge in [0, 0.05) is 25.3 Å². The van der Waals surface area contributed by atoms with Crippen LogP contribution in [0.1, 0.15) is 34.8 Å². The predicted molar refractivity (Wildman–Crippen MR) is 136 cm³/mol. The molecule has 2 fully saturated rings. The molecule has 2 atom stereocenters. The molecule has 5 rings (SSSR count). The molecule has 2 aliphatic rings. The van der Waals surface area contributed by atoms with Gasteiger partial charge in [0.2, 0.25) is 11.4 Å². The molecule has 0 aliphatic carbocycles. The van der Waals surface area contributed by atoms with E-state index in [0.717, 1.165) is 36.3 Å². The summed E-state index contributed by atoms with van der Waals surface area (Å²) in [5.74, 6) is 3.24. The van der Waals surface area contributed by atoms with Gasteiger partial charge in [-0.25, -0.2) is 15.0 Å². The topological polar surface area (TPSA) is 101 Å². The maximum atomic E-state index is 13.4. The van der Waals surface area contributed by atoms with Crippen LogP contribution in [0.2, 0.25) is 12.6 Å². The predicted octanol–water partition coefficient (Wildman–Crippen LogP) is 3.78. The lowest BCUT2D eigenvalue weighted by Crippen LogP contribution is -2.26. The maximum absolute atomic E-state index is 13.4. The van der Waals surface area contributed by atoms with Crippen molar-refractivity contribution in [3.8, 4) is 5.97 Å². The second-order valence-corrected chi connectivity index (χ2v) is 9.78. The average Bonchev–Trinajstić information content (AvgIpc) is 3.51. The van der Waals surface area contributed by atoms with E-state index >= 15 is 0 Å². The highest BCUT2D eigenvalue weighted by molar-refractivity contribution is 7.18. The summed E-state index contributed by atoms with van der Waals surface area (Å²) in [6.07, 6.45) is 8.88. The van der Waals surface area contributed by atoms with Crippen LogP contribution in [0.25, 0.3) is 28.0 Å². The average molecular weight is 473 g/mol. The Morgan fingerprint density at radius 1 is 1.41 bits per heavy atom. The second-order valence-electron chi connectivity index (χ2n) is 8.75. The van der Waals surface area contributed by atoms with Gasteiger partial charge in [0.05, 0.1) is 22.6 Å². The Labute approximate surface area is 201 Å². The Morgan fingerprint density at radius 3 is 2.76 bits per heavy atom. The summed E-state index contributed by atoms with van der Waals surface area (Å²) < 4.78 is 7.06. The van der Waals surface area contributed by atoms with Crippen LogP contribution in [0.4, 0.5) is 5.95 Å². The second kappa shape index (κ2) is 8.72. The molecule has 2 saturated heterocycles. The zero-order valence-electron chi connectivity index (χ0n) is 19.2. The fourth-order valence-electron chi connectivity index (χ4n) is 5.29. The number of nitriles is 1. The fraction of sp³-hybridized carbons (Fsp3) is 0.375. The largest absolute Gasteiger partial charge is 0.462 e. The van der Waals surface area contributed by atoms with Crippen LogP contribution >= 0.6 is 11.3 Å². The number of ether oxygens (including phenoxy) is 1. The van der Waals surface area contributed by atoms with Gasteiger partial charge in [0.15, 0.2) is 5.65 Å². The van der Waals surface area contributed by atoms with Crippen LogP contribution < -0.4 is 10.3 Å². The summed E-state index contributed by atoms with van der Waals surface area (Å²) in [5, 5.41) is 9.54. The van der Waals surface area contributed by atoms with Gasteiger partial charge in [-0.05, 0) is 37.8 Å². The van der Waals surface area contributed by atoms with Gasteiger partial charge in [-0.15, -0.1) is 11.3 Å². The lowest BCUT2D eigenvalue weighted by Gasteiger charge is -2.18. The van der Waals surface area contributed by atoms with Gasteiger partial charge in [-0.1, -0.05) is 25.3 Å². The van der Waals surface area contributed by atoms with E-state index in [2.05, 4.69) is 22.4 Å². The highest BCUT2D eigenvalue weighted by atomic mass is 32.1. The number of nitrogens with zero attached hydrogens (tertiary/aromatic N) is 5. The van der Waals surface area contributed by atoms with Crippen LogP contribution in [0.3, 0.4) is 0 Å². The molecule has 0 N–H and O–H groups in total. The van der Waals surface area contributed by atoms with E-state index in [4.69, 9.17) is 9.72 Å². The third-order valence-electron chi connectivity index (χ3n) is 6.76. The molecule has 2 aliphatic heterocycles. The van der Waals surface area contributed by atoms with Crippen molar-refractivity contribution in [3.05, 3.63) is 45.2 Å². The molecule has 0 amide bonds.